The number of amides is 2. The first kappa shape index (κ1) is 20.2. The molecule has 0 unspecified atom stereocenters. The van der Waals surface area contributed by atoms with Crippen LogP contribution in [0.25, 0.3) is 10.9 Å². The molecule has 0 saturated heterocycles. The number of aryl methyl sites for hydroxylation is 2. The normalized spacial score (nSPS) is 19.8. The molecule has 0 aliphatic heterocycles. The van der Waals surface area contributed by atoms with Crippen LogP contribution in [0.2, 0.25) is 0 Å². The van der Waals surface area contributed by atoms with E-state index < -0.39 is 17.8 Å². The molecule has 1 aromatic carbocycles. The number of nitrogens with one attached hydrogen (secondary N) is 2. The highest BCUT2D eigenvalue weighted by atomic mass is 19.1. The van der Waals surface area contributed by atoms with Gasteiger partial charge in [0, 0.05) is 22.2 Å². The van der Waals surface area contributed by atoms with Gasteiger partial charge in [-0.25, -0.2) is 9.18 Å². The maximum atomic E-state index is 15.1. The maximum absolute atomic E-state index is 15.1. The topological polar surface area (TPSA) is 97.2 Å². The fraction of sp³-hybridized carbons (Fsp3) is 0.524. The van der Waals surface area contributed by atoms with Crippen molar-refractivity contribution in [3.05, 3.63) is 34.3 Å². The number of halogens is 1. The highest BCUT2D eigenvalue weighted by Crippen LogP contribution is 2.42. The summed E-state index contributed by atoms with van der Waals surface area (Å²) in [5, 5.41) is 3.50. The number of alkyl carbamates (subject to hydrolysis) is 1. The van der Waals surface area contributed by atoms with E-state index in [1.54, 1.807) is 0 Å². The molecule has 152 valence electrons. The maximum Gasteiger partial charge on any atom is 0.407 e. The molecule has 2 aromatic rings. The van der Waals surface area contributed by atoms with Gasteiger partial charge in [0.1, 0.15) is 11.9 Å². The summed E-state index contributed by atoms with van der Waals surface area (Å²) in [7, 11) is 0. The average molecular weight is 389 g/mol. The number of nitrogens with two attached hydrogens (primary N) is 1. The van der Waals surface area contributed by atoms with Crippen molar-refractivity contribution in [1.82, 2.24) is 10.3 Å². The first-order valence-corrected chi connectivity index (χ1v) is 9.57. The molecule has 4 N–H and O–H groups in total. The molecule has 1 fully saturated rings. The Labute approximate surface area is 164 Å². The molecule has 0 spiro atoms. The zero-order valence-electron chi connectivity index (χ0n) is 17.0. The third kappa shape index (κ3) is 3.84. The lowest BCUT2D eigenvalue weighted by molar-refractivity contribution is 0.0935. The van der Waals surface area contributed by atoms with E-state index >= 15 is 4.39 Å². The van der Waals surface area contributed by atoms with E-state index in [-0.39, 0.29) is 23.1 Å². The van der Waals surface area contributed by atoms with Crippen LogP contribution in [0.4, 0.5) is 9.18 Å². The van der Waals surface area contributed by atoms with Crippen LogP contribution in [0.3, 0.4) is 0 Å². The van der Waals surface area contributed by atoms with Gasteiger partial charge in [-0.1, -0.05) is 0 Å². The Morgan fingerprint density at radius 1 is 1.29 bits per heavy atom. The number of benzene rings is 1. The highest BCUT2D eigenvalue weighted by molar-refractivity contribution is 6.07. The van der Waals surface area contributed by atoms with Gasteiger partial charge in [0.2, 0.25) is 0 Å². The van der Waals surface area contributed by atoms with Gasteiger partial charge in [-0.3, -0.25) is 4.79 Å². The molecule has 0 radical (unpaired) electrons. The molecule has 1 aliphatic rings. The van der Waals surface area contributed by atoms with Crippen molar-refractivity contribution in [2.75, 3.05) is 0 Å². The number of aromatic amines is 1. The van der Waals surface area contributed by atoms with E-state index in [1.165, 1.54) is 6.07 Å². The van der Waals surface area contributed by atoms with Gasteiger partial charge < -0.3 is 20.8 Å². The van der Waals surface area contributed by atoms with Crippen molar-refractivity contribution in [2.24, 2.45) is 5.73 Å². The zero-order chi connectivity index (χ0) is 20.8. The SMILES string of the molecule is Cc1[nH]c2c(C(N)=O)cc(F)c([C@@H]3CC[C@@H](OC(=O)NC(C)(C)C)C3)c2c1C. The standard InChI is InChI=1S/C21H28FN3O3/c1-10-11(2)24-18-14(19(23)26)9-15(22)17(16(10)18)12-6-7-13(8-12)28-20(27)25-21(3,4)5/h9,12-13,24H,6-8H2,1-5H3,(H2,23,26)(H,25,27)/t12-,13-/m1/s1. The Kier molecular flexibility index (Phi) is 5.12. The summed E-state index contributed by atoms with van der Waals surface area (Å²) in [6.07, 6.45) is 1.20. The second-order valence-electron chi connectivity index (χ2n) is 8.72. The van der Waals surface area contributed by atoms with Gasteiger partial charge in [-0.15, -0.1) is 0 Å². The van der Waals surface area contributed by atoms with Crippen LogP contribution in [-0.2, 0) is 4.74 Å². The minimum atomic E-state index is -0.664. The summed E-state index contributed by atoms with van der Waals surface area (Å²) in [4.78, 5) is 27.0. The van der Waals surface area contributed by atoms with E-state index in [4.69, 9.17) is 10.5 Å². The van der Waals surface area contributed by atoms with Gasteiger partial charge in [0.15, 0.2) is 0 Å². The molecule has 2 atom stereocenters. The summed E-state index contributed by atoms with van der Waals surface area (Å²) < 4.78 is 20.6. The monoisotopic (exact) mass is 389 g/mol. The molecule has 0 bridgehead atoms. The fourth-order valence-electron chi connectivity index (χ4n) is 4.04. The lowest BCUT2D eigenvalue weighted by Gasteiger charge is -2.22. The number of ether oxygens (including phenoxy) is 1. The lowest BCUT2D eigenvalue weighted by Crippen LogP contribution is -2.42. The van der Waals surface area contributed by atoms with Gasteiger partial charge in [-0.05, 0) is 71.4 Å². The molecule has 2 amide bonds. The van der Waals surface area contributed by atoms with Crippen molar-refractivity contribution >= 4 is 22.9 Å². The first-order valence-electron chi connectivity index (χ1n) is 9.57. The molecular weight excluding hydrogens is 361 g/mol. The minimum Gasteiger partial charge on any atom is -0.446 e. The predicted octanol–water partition coefficient (Wildman–Crippen LogP) is 4.18. The second-order valence-corrected chi connectivity index (χ2v) is 8.72. The number of rotatable bonds is 3. The summed E-state index contributed by atoms with van der Waals surface area (Å²) in [6.45, 7) is 9.44. The lowest BCUT2D eigenvalue weighted by atomic mass is 9.90. The van der Waals surface area contributed by atoms with Gasteiger partial charge in [0.05, 0.1) is 11.1 Å². The number of carbonyl (C=O) groups is 2. The Morgan fingerprint density at radius 3 is 2.57 bits per heavy atom. The molecular formula is C21H28FN3O3. The predicted molar refractivity (Wildman–Crippen MR) is 106 cm³/mol. The van der Waals surface area contributed by atoms with Crippen molar-refractivity contribution in [3.8, 4) is 0 Å². The number of hydrogen-bond donors (Lipinski definition) is 3. The van der Waals surface area contributed by atoms with Gasteiger partial charge >= 0.3 is 6.09 Å². The van der Waals surface area contributed by atoms with E-state index in [0.717, 1.165) is 16.6 Å². The number of primary amides is 1. The van der Waals surface area contributed by atoms with Crippen molar-refractivity contribution in [2.45, 2.75) is 71.4 Å². The number of hydrogen-bond acceptors (Lipinski definition) is 3. The summed E-state index contributed by atoms with van der Waals surface area (Å²) in [5.74, 6) is -1.19. The number of aromatic nitrogens is 1. The first-order chi connectivity index (χ1) is 13.0. The molecule has 7 heteroatoms. The minimum absolute atomic E-state index is 0.0919. The molecule has 1 aliphatic carbocycles. The Morgan fingerprint density at radius 2 is 1.96 bits per heavy atom. The van der Waals surface area contributed by atoms with Crippen LogP contribution in [0.15, 0.2) is 6.07 Å². The van der Waals surface area contributed by atoms with E-state index in [9.17, 15) is 9.59 Å². The fourth-order valence-corrected chi connectivity index (χ4v) is 4.04. The van der Waals surface area contributed by atoms with Crippen LogP contribution >= 0.6 is 0 Å². The van der Waals surface area contributed by atoms with Gasteiger partial charge in [0.25, 0.3) is 5.91 Å². The average Bonchev–Trinajstić information content (AvgIpc) is 3.11. The number of carbonyl (C=O) groups excluding carboxylic acids is 2. The van der Waals surface area contributed by atoms with Gasteiger partial charge in [-0.2, -0.15) is 0 Å². The van der Waals surface area contributed by atoms with E-state index in [1.807, 2.05) is 34.6 Å². The van der Waals surface area contributed by atoms with E-state index in [0.29, 0.717) is 30.3 Å². The quantitative estimate of drug-likeness (QED) is 0.734. The molecule has 28 heavy (non-hydrogen) atoms. The third-order valence-electron chi connectivity index (χ3n) is 5.38. The van der Waals surface area contributed by atoms with Crippen LogP contribution in [0, 0.1) is 19.7 Å². The van der Waals surface area contributed by atoms with E-state index in [2.05, 4.69) is 10.3 Å². The largest absolute Gasteiger partial charge is 0.446 e. The van der Waals surface area contributed by atoms with Crippen LogP contribution in [0.5, 0.6) is 0 Å². The van der Waals surface area contributed by atoms with Crippen molar-refractivity contribution in [3.63, 3.8) is 0 Å². The smallest absolute Gasteiger partial charge is 0.407 e. The summed E-state index contributed by atoms with van der Waals surface area (Å²) >= 11 is 0. The third-order valence-corrected chi connectivity index (χ3v) is 5.38. The summed E-state index contributed by atoms with van der Waals surface area (Å²) in [5.41, 5.74) is 8.16. The molecule has 1 saturated carbocycles. The number of H-pyrrole nitrogens is 1. The molecule has 1 aromatic heterocycles. The molecule has 1 heterocycles. The number of fused-ring (bicyclic) bond motifs is 1. The highest BCUT2D eigenvalue weighted by Gasteiger charge is 2.33. The Hall–Kier alpha value is -2.57. The molecule has 6 nitrogen and oxygen atoms in total. The van der Waals surface area contributed by atoms with Crippen LogP contribution in [-0.4, -0.2) is 28.6 Å². The Bertz CT molecular complexity index is 943. The Balaban J connectivity index is 1.91. The van der Waals surface area contributed by atoms with Crippen molar-refractivity contribution in [1.29, 1.82) is 0 Å². The van der Waals surface area contributed by atoms with Crippen molar-refractivity contribution < 1.29 is 18.7 Å². The second kappa shape index (κ2) is 7.11. The molecule has 3 rings (SSSR count). The zero-order valence-corrected chi connectivity index (χ0v) is 17.0. The summed E-state index contributed by atoms with van der Waals surface area (Å²) in [6, 6.07) is 1.22. The van der Waals surface area contributed by atoms with Crippen LogP contribution < -0.4 is 11.1 Å². The van der Waals surface area contributed by atoms with Crippen LogP contribution in [0.1, 0.15) is 73.1 Å².